The van der Waals surface area contributed by atoms with Crippen LogP contribution in [0, 0.1) is 0 Å². The molecule has 2 N–H and O–H groups in total. The summed E-state index contributed by atoms with van der Waals surface area (Å²) in [6.45, 7) is 1.93. The van der Waals surface area contributed by atoms with Crippen molar-refractivity contribution in [2.24, 2.45) is 0 Å². The van der Waals surface area contributed by atoms with E-state index in [0.29, 0.717) is 11.8 Å². The number of aliphatic hydroxyl groups is 1. The van der Waals surface area contributed by atoms with E-state index in [-0.39, 0.29) is 23.7 Å². The number of phenols is 1. The monoisotopic (exact) mass is 250 g/mol. The standard InChI is InChI=1S/C13H14O5/c1-8(14)6-7-17-10-4-2-9-3-5-11(15)18-13(9)12(10)16/h2-5,8,14,16H,6-7H2,1H3. The molecule has 0 aliphatic rings. The molecule has 0 fully saturated rings. The Morgan fingerprint density at radius 2 is 2.06 bits per heavy atom. The molecule has 0 radical (unpaired) electrons. The van der Waals surface area contributed by atoms with E-state index in [1.165, 1.54) is 6.07 Å². The maximum Gasteiger partial charge on any atom is 0.336 e. The highest BCUT2D eigenvalue weighted by atomic mass is 16.5. The van der Waals surface area contributed by atoms with Crippen molar-refractivity contribution in [3.63, 3.8) is 0 Å². The molecule has 0 aliphatic heterocycles. The molecule has 2 rings (SSSR count). The number of aromatic hydroxyl groups is 1. The van der Waals surface area contributed by atoms with Crippen LogP contribution in [0.2, 0.25) is 0 Å². The number of hydrogen-bond acceptors (Lipinski definition) is 5. The molecule has 18 heavy (non-hydrogen) atoms. The Bertz CT molecular complexity index is 600. The van der Waals surface area contributed by atoms with Crippen molar-refractivity contribution in [3.05, 3.63) is 34.7 Å². The zero-order chi connectivity index (χ0) is 13.1. The minimum Gasteiger partial charge on any atom is -0.502 e. The first kappa shape index (κ1) is 12.4. The molecule has 5 nitrogen and oxygen atoms in total. The summed E-state index contributed by atoms with van der Waals surface area (Å²) in [5.74, 6) is 0.0355. The molecule has 0 aliphatic carbocycles. The van der Waals surface area contributed by atoms with Crippen LogP contribution in [-0.4, -0.2) is 22.9 Å². The average molecular weight is 250 g/mol. The number of hydrogen-bond donors (Lipinski definition) is 2. The highest BCUT2D eigenvalue weighted by Crippen LogP contribution is 2.33. The van der Waals surface area contributed by atoms with Gasteiger partial charge in [-0.3, -0.25) is 0 Å². The number of benzene rings is 1. The summed E-state index contributed by atoms with van der Waals surface area (Å²) in [4.78, 5) is 11.1. The zero-order valence-corrected chi connectivity index (χ0v) is 9.92. The molecule has 2 aromatic rings. The number of rotatable bonds is 4. The Morgan fingerprint density at radius 1 is 1.33 bits per heavy atom. The minimum atomic E-state index is -0.529. The molecule has 0 saturated carbocycles. The molecular formula is C13H14O5. The highest BCUT2D eigenvalue weighted by Gasteiger charge is 2.10. The van der Waals surface area contributed by atoms with Crippen molar-refractivity contribution in [2.45, 2.75) is 19.4 Å². The van der Waals surface area contributed by atoms with Crippen molar-refractivity contribution in [3.8, 4) is 11.5 Å². The smallest absolute Gasteiger partial charge is 0.336 e. The summed E-state index contributed by atoms with van der Waals surface area (Å²) in [5.41, 5.74) is -0.420. The molecule has 0 bridgehead atoms. The van der Waals surface area contributed by atoms with Crippen molar-refractivity contribution in [1.82, 2.24) is 0 Å². The first-order valence-corrected chi connectivity index (χ1v) is 5.64. The van der Waals surface area contributed by atoms with Crippen LogP contribution in [0.15, 0.2) is 33.5 Å². The average Bonchev–Trinajstić information content (AvgIpc) is 2.32. The molecule has 1 atom stereocenters. The second kappa shape index (κ2) is 5.10. The Kier molecular flexibility index (Phi) is 3.53. The molecule has 0 amide bonds. The molecule has 0 saturated heterocycles. The molecule has 1 unspecified atom stereocenters. The van der Waals surface area contributed by atoms with E-state index in [2.05, 4.69) is 0 Å². The second-order valence-corrected chi connectivity index (χ2v) is 4.07. The normalized spacial score (nSPS) is 12.6. The van der Waals surface area contributed by atoms with Crippen LogP contribution in [0.4, 0.5) is 0 Å². The third-order valence-corrected chi connectivity index (χ3v) is 2.52. The van der Waals surface area contributed by atoms with Gasteiger partial charge in [-0.2, -0.15) is 0 Å². The number of ether oxygens (including phenoxy) is 1. The quantitative estimate of drug-likeness (QED) is 0.806. The predicted octanol–water partition coefficient (Wildman–Crippen LogP) is 1.65. The van der Waals surface area contributed by atoms with Crippen LogP contribution in [0.3, 0.4) is 0 Å². The van der Waals surface area contributed by atoms with E-state index >= 15 is 0 Å². The van der Waals surface area contributed by atoms with Crippen molar-refractivity contribution in [2.75, 3.05) is 6.61 Å². The van der Waals surface area contributed by atoms with Gasteiger partial charge in [0.15, 0.2) is 11.3 Å². The van der Waals surface area contributed by atoms with Crippen LogP contribution < -0.4 is 10.4 Å². The highest BCUT2D eigenvalue weighted by molar-refractivity contribution is 5.84. The summed E-state index contributed by atoms with van der Waals surface area (Å²) in [6.07, 6.45) is -0.0125. The SMILES string of the molecule is CC(O)CCOc1ccc2ccc(=O)oc2c1O. The predicted molar refractivity (Wildman–Crippen MR) is 65.9 cm³/mol. The Morgan fingerprint density at radius 3 is 2.78 bits per heavy atom. The lowest BCUT2D eigenvalue weighted by Crippen LogP contribution is -2.07. The lowest BCUT2D eigenvalue weighted by Gasteiger charge is -2.10. The van der Waals surface area contributed by atoms with E-state index in [0.717, 1.165) is 0 Å². The van der Waals surface area contributed by atoms with Gasteiger partial charge in [0.05, 0.1) is 12.7 Å². The van der Waals surface area contributed by atoms with Crippen molar-refractivity contribution in [1.29, 1.82) is 0 Å². The summed E-state index contributed by atoms with van der Waals surface area (Å²) in [5, 5.41) is 19.6. The van der Waals surface area contributed by atoms with Gasteiger partial charge in [-0.05, 0) is 25.1 Å². The van der Waals surface area contributed by atoms with Crippen LogP contribution in [-0.2, 0) is 0 Å². The first-order valence-electron chi connectivity index (χ1n) is 5.64. The van der Waals surface area contributed by atoms with Gasteiger partial charge in [0.1, 0.15) is 0 Å². The Hall–Kier alpha value is -2.01. The number of fused-ring (bicyclic) bond motifs is 1. The molecule has 1 aromatic carbocycles. The van der Waals surface area contributed by atoms with Crippen LogP contribution >= 0.6 is 0 Å². The van der Waals surface area contributed by atoms with Gasteiger partial charge in [-0.1, -0.05) is 0 Å². The third kappa shape index (κ3) is 2.62. The zero-order valence-electron chi connectivity index (χ0n) is 9.92. The second-order valence-electron chi connectivity index (χ2n) is 4.07. The molecule has 1 heterocycles. The van der Waals surface area contributed by atoms with E-state index < -0.39 is 11.7 Å². The van der Waals surface area contributed by atoms with Gasteiger partial charge in [-0.15, -0.1) is 0 Å². The maximum atomic E-state index is 11.1. The van der Waals surface area contributed by atoms with Gasteiger partial charge in [-0.25, -0.2) is 4.79 Å². The van der Waals surface area contributed by atoms with E-state index in [1.807, 2.05) is 0 Å². The summed E-state index contributed by atoms with van der Waals surface area (Å²) in [7, 11) is 0. The van der Waals surface area contributed by atoms with Gasteiger partial charge < -0.3 is 19.4 Å². The lowest BCUT2D eigenvalue weighted by atomic mass is 10.2. The van der Waals surface area contributed by atoms with Crippen LogP contribution in [0.25, 0.3) is 11.0 Å². The summed E-state index contributed by atoms with van der Waals surface area (Å²) in [6, 6.07) is 6.14. The third-order valence-electron chi connectivity index (χ3n) is 2.52. The van der Waals surface area contributed by atoms with E-state index in [1.54, 1.807) is 25.1 Å². The molecule has 5 heteroatoms. The summed E-state index contributed by atoms with van der Waals surface area (Å²) >= 11 is 0. The molecule has 96 valence electrons. The van der Waals surface area contributed by atoms with Gasteiger partial charge in [0, 0.05) is 17.9 Å². The van der Waals surface area contributed by atoms with Gasteiger partial charge >= 0.3 is 5.63 Å². The lowest BCUT2D eigenvalue weighted by molar-refractivity contribution is 0.154. The van der Waals surface area contributed by atoms with Crippen LogP contribution in [0.5, 0.6) is 11.5 Å². The van der Waals surface area contributed by atoms with Crippen LogP contribution in [0.1, 0.15) is 13.3 Å². The van der Waals surface area contributed by atoms with Crippen molar-refractivity contribution < 1.29 is 19.4 Å². The van der Waals surface area contributed by atoms with E-state index in [9.17, 15) is 9.90 Å². The van der Waals surface area contributed by atoms with Gasteiger partial charge in [0.2, 0.25) is 5.75 Å². The fourth-order valence-electron chi connectivity index (χ4n) is 1.56. The fourth-order valence-corrected chi connectivity index (χ4v) is 1.56. The minimum absolute atomic E-state index is 0.108. The van der Waals surface area contributed by atoms with Crippen molar-refractivity contribution >= 4 is 11.0 Å². The molecule has 1 aromatic heterocycles. The summed E-state index contributed by atoms with van der Waals surface area (Å²) < 4.78 is 10.2. The number of phenolic OH excluding ortho intramolecular Hbond substituents is 1. The van der Waals surface area contributed by atoms with E-state index in [4.69, 9.17) is 14.3 Å². The maximum absolute atomic E-state index is 11.1. The first-order chi connectivity index (χ1) is 8.58. The molecular weight excluding hydrogens is 236 g/mol. The largest absolute Gasteiger partial charge is 0.502 e. The number of aliphatic hydroxyl groups excluding tert-OH is 1. The molecule has 0 spiro atoms. The fraction of sp³-hybridized carbons (Fsp3) is 0.308. The Labute approximate surface area is 103 Å². The topological polar surface area (TPSA) is 79.9 Å². The Balaban J connectivity index is 2.29. The van der Waals surface area contributed by atoms with Gasteiger partial charge in [0.25, 0.3) is 0 Å².